The van der Waals surface area contributed by atoms with Crippen LogP contribution in [0.25, 0.3) is 0 Å². The van der Waals surface area contributed by atoms with Gasteiger partial charge in [0.25, 0.3) is 0 Å². The molecule has 0 amide bonds. The molecule has 1 rings (SSSR count). The van der Waals surface area contributed by atoms with E-state index >= 15 is 0 Å². The second-order valence-electron chi connectivity index (χ2n) is 8.89. The summed E-state index contributed by atoms with van der Waals surface area (Å²) in [5.74, 6) is 0.750. The van der Waals surface area contributed by atoms with Crippen LogP contribution in [-0.2, 0) is 0 Å². The van der Waals surface area contributed by atoms with E-state index in [2.05, 4.69) is 65.2 Å². The van der Waals surface area contributed by atoms with Crippen molar-refractivity contribution in [1.29, 1.82) is 0 Å². The highest BCUT2D eigenvalue weighted by atomic mass is 15.3. The Morgan fingerprint density at radius 2 is 1.35 bits per heavy atom. The van der Waals surface area contributed by atoms with Gasteiger partial charge in [-0.2, -0.15) is 0 Å². The topological polar surface area (TPSA) is 6.48 Å². The van der Waals surface area contributed by atoms with Gasteiger partial charge < -0.3 is 4.90 Å². The number of hydrogen-bond acceptors (Lipinski definition) is 2. The van der Waals surface area contributed by atoms with Gasteiger partial charge >= 0.3 is 0 Å². The molecule has 2 heteroatoms. The summed E-state index contributed by atoms with van der Waals surface area (Å²) in [6, 6.07) is 0.699. The van der Waals surface area contributed by atoms with Crippen LogP contribution in [0.2, 0.25) is 0 Å². The Morgan fingerprint density at radius 1 is 0.850 bits per heavy atom. The van der Waals surface area contributed by atoms with E-state index < -0.39 is 0 Å². The highest BCUT2D eigenvalue weighted by Crippen LogP contribution is 2.39. The molecule has 0 radical (unpaired) electrons. The highest BCUT2D eigenvalue weighted by Gasteiger charge is 2.33. The molecule has 0 atom stereocenters. The van der Waals surface area contributed by atoms with Crippen molar-refractivity contribution >= 4 is 0 Å². The van der Waals surface area contributed by atoms with Crippen molar-refractivity contribution in [2.24, 2.45) is 16.7 Å². The maximum Gasteiger partial charge on any atom is 0.0113 e. The van der Waals surface area contributed by atoms with Crippen molar-refractivity contribution in [3.8, 4) is 0 Å². The monoisotopic (exact) mass is 282 g/mol. The Balaban J connectivity index is 2.48. The van der Waals surface area contributed by atoms with Gasteiger partial charge in [-0.05, 0) is 37.0 Å². The fourth-order valence-electron chi connectivity index (χ4n) is 3.54. The molecule has 1 heterocycles. The Hall–Kier alpha value is -0.0800. The molecule has 0 aliphatic carbocycles. The van der Waals surface area contributed by atoms with Gasteiger partial charge in [-0.15, -0.1) is 0 Å². The van der Waals surface area contributed by atoms with E-state index in [1.165, 1.54) is 39.1 Å². The molecule has 0 spiro atoms. The largest absolute Gasteiger partial charge is 0.300 e. The van der Waals surface area contributed by atoms with Crippen molar-refractivity contribution in [2.45, 2.75) is 67.9 Å². The lowest BCUT2D eigenvalue weighted by Crippen LogP contribution is -2.51. The molecule has 120 valence electrons. The molecule has 20 heavy (non-hydrogen) atoms. The Labute approximate surface area is 127 Å². The molecular weight excluding hydrogens is 244 g/mol. The molecule has 1 aliphatic rings. The summed E-state index contributed by atoms with van der Waals surface area (Å²) in [5.41, 5.74) is 0.844. The van der Waals surface area contributed by atoms with Crippen LogP contribution in [0.4, 0.5) is 0 Å². The van der Waals surface area contributed by atoms with Crippen LogP contribution in [0.1, 0.15) is 61.8 Å². The molecule has 0 aromatic carbocycles. The lowest BCUT2D eigenvalue weighted by Gasteiger charge is -2.43. The third-order valence-corrected chi connectivity index (χ3v) is 5.29. The van der Waals surface area contributed by atoms with Crippen molar-refractivity contribution in [3.63, 3.8) is 0 Å². The summed E-state index contributed by atoms with van der Waals surface area (Å²) in [7, 11) is 0. The first-order chi connectivity index (χ1) is 9.03. The lowest BCUT2D eigenvalue weighted by atomic mass is 9.69. The van der Waals surface area contributed by atoms with Crippen molar-refractivity contribution in [3.05, 3.63) is 0 Å². The van der Waals surface area contributed by atoms with E-state index in [1.807, 2.05) is 0 Å². The summed E-state index contributed by atoms with van der Waals surface area (Å²) in [6.07, 6.45) is 1.31. The van der Waals surface area contributed by atoms with Crippen molar-refractivity contribution < 1.29 is 0 Å². The quantitative estimate of drug-likeness (QED) is 0.723. The predicted octanol–water partition coefficient (Wildman–Crippen LogP) is 4.11. The number of nitrogens with zero attached hydrogens (tertiary/aromatic N) is 2. The average Bonchev–Trinajstić information content (AvgIpc) is 2.27. The second kappa shape index (κ2) is 6.79. The highest BCUT2D eigenvalue weighted by molar-refractivity contribution is 4.85. The standard InChI is InChI=1S/C18H38N2/c1-15(2)18(7,8)13-17(5,6)14-19-9-11-20(12-10-19)16(3)4/h15-16H,9-14H2,1-8H3. The molecule has 0 saturated carbocycles. The third-order valence-electron chi connectivity index (χ3n) is 5.29. The van der Waals surface area contributed by atoms with Gasteiger partial charge in [0.2, 0.25) is 0 Å². The average molecular weight is 283 g/mol. The van der Waals surface area contributed by atoms with Gasteiger partial charge in [-0.3, -0.25) is 4.90 Å². The Bertz CT molecular complexity index is 284. The summed E-state index contributed by atoms with van der Waals surface area (Å²) in [5, 5.41) is 0. The third kappa shape index (κ3) is 5.37. The van der Waals surface area contributed by atoms with Crippen LogP contribution in [0, 0.1) is 16.7 Å². The fourth-order valence-corrected chi connectivity index (χ4v) is 3.54. The number of hydrogen-bond donors (Lipinski definition) is 0. The Kier molecular flexibility index (Phi) is 6.10. The molecule has 0 aromatic heterocycles. The smallest absolute Gasteiger partial charge is 0.0113 e. The first kappa shape index (κ1) is 18.0. The van der Waals surface area contributed by atoms with Crippen LogP contribution in [0.15, 0.2) is 0 Å². The molecule has 1 fully saturated rings. The molecular formula is C18H38N2. The van der Waals surface area contributed by atoms with E-state index in [9.17, 15) is 0 Å². The zero-order valence-corrected chi connectivity index (χ0v) is 15.3. The Morgan fingerprint density at radius 3 is 1.75 bits per heavy atom. The molecule has 0 bridgehead atoms. The van der Waals surface area contributed by atoms with E-state index in [1.54, 1.807) is 0 Å². The minimum Gasteiger partial charge on any atom is -0.300 e. The molecule has 0 N–H and O–H groups in total. The van der Waals surface area contributed by atoms with Gasteiger partial charge in [-0.25, -0.2) is 0 Å². The minimum absolute atomic E-state index is 0.410. The van der Waals surface area contributed by atoms with Crippen LogP contribution in [0.3, 0.4) is 0 Å². The normalized spacial score (nSPS) is 20.1. The van der Waals surface area contributed by atoms with Gasteiger partial charge in [-0.1, -0.05) is 41.5 Å². The summed E-state index contributed by atoms with van der Waals surface area (Å²) >= 11 is 0. The van der Waals surface area contributed by atoms with Crippen molar-refractivity contribution in [2.75, 3.05) is 32.7 Å². The van der Waals surface area contributed by atoms with Crippen LogP contribution in [0.5, 0.6) is 0 Å². The predicted molar refractivity (Wildman–Crippen MR) is 90.2 cm³/mol. The number of piperazine rings is 1. The van der Waals surface area contributed by atoms with Crippen LogP contribution < -0.4 is 0 Å². The fraction of sp³-hybridized carbons (Fsp3) is 1.00. The van der Waals surface area contributed by atoms with E-state index in [-0.39, 0.29) is 0 Å². The lowest BCUT2D eigenvalue weighted by molar-refractivity contribution is 0.0547. The van der Waals surface area contributed by atoms with Gasteiger partial charge in [0.05, 0.1) is 0 Å². The van der Waals surface area contributed by atoms with Gasteiger partial charge in [0.1, 0.15) is 0 Å². The molecule has 1 aliphatic heterocycles. The molecule has 1 saturated heterocycles. The SMILES string of the molecule is CC(C)N1CCN(CC(C)(C)CC(C)(C)C(C)C)CC1. The van der Waals surface area contributed by atoms with Gasteiger partial charge in [0, 0.05) is 38.8 Å². The maximum atomic E-state index is 2.68. The van der Waals surface area contributed by atoms with E-state index in [0.29, 0.717) is 16.9 Å². The summed E-state index contributed by atoms with van der Waals surface area (Å²) in [4.78, 5) is 5.27. The van der Waals surface area contributed by atoms with E-state index in [0.717, 1.165) is 5.92 Å². The zero-order valence-electron chi connectivity index (χ0n) is 15.3. The first-order valence-electron chi connectivity index (χ1n) is 8.50. The van der Waals surface area contributed by atoms with Crippen LogP contribution >= 0.6 is 0 Å². The van der Waals surface area contributed by atoms with E-state index in [4.69, 9.17) is 0 Å². The van der Waals surface area contributed by atoms with Gasteiger partial charge in [0.15, 0.2) is 0 Å². The van der Waals surface area contributed by atoms with Crippen LogP contribution in [-0.4, -0.2) is 48.6 Å². The zero-order chi connectivity index (χ0) is 15.6. The molecule has 2 nitrogen and oxygen atoms in total. The second-order valence-corrected chi connectivity index (χ2v) is 8.89. The maximum absolute atomic E-state index is 2.68. The summed E-state index contributed by atoms with van der Waals surface area (Å²) in [6.45, 7) is 25.3. The first-order valence-corrected chi connectivity index (χ1v) is 8.50. The minimum atomic E-state index is 0.410. The van der Waals surface area contributed by atoms with Crippen molar-refractivity contribution in [1.82, 2.24) is 9.80 Å². The molecule has 0 aromatic rings. The molecule has 0 unspecified atom stereocenters. The summed E-state index contributed by atoms with van der Waals surface area (Å²) < 4.78 is 0. The number of rotatable bonds is 6.